The average molecular weight is 288 g/mol. The van der Waals surface area contributed by atoms with E-state index >= 15 is 0 Å². The van der Waals surface area contributed by atoms with Gasteiger partial charge in [-0.15, -0.1) is 0 Å². The maximum absolute atomic E-state index is 12.6. The third-order valence-electron chi connectivity index (χ3n) is 3.14. The Morgan fingerprint density at radius 2 is 1.50 bits per heavy atom. The van der Waals surface area contributed by atoms with Crippen molar-refractivity contribution in [3.63, 3.8) is 0 Å². The molecule has 3 heteroatoms. The molecular weight excluding hydrogens is 268 g/mol. The summed E-state index contributed by atoms with van der Waals surface area (Å²) in [5, 5.41) is 0. The van der Waals surface area contributed by atoms with Gasteiger partial charge in [0.15, 0.2) is 9.84 Å². The SMILES string of the molecule is CC(C)Cc1ccccc1S(=O)(=O)Cc1ccccc1. The Kier molecular flexibility index (Phi) is 4.61. The van der Waals surface area contributed by atoms with Gasteiger partial charge in [-0.05, 0) is 29.5 Å². The van der Waals surface area contributed by atoms with E-state index in [4.69, 9.17) is 0 Å². The largest absolute Gasteiger partial charge is 0.223 e. The van der Waals surface area contributed by atoms with Gasteiger partial charge in [-0.2, -0.15) is 0 Å². The lowest BCUT2D eigenvalue weighted by atomic mass is 10.0. The van der Waals surface area contributed by atoms with Crippen molar-refractivity contribution in [1.29, 1.82) is 0 Å². The van der Waals surface area contributed by atoms with Gasteiger partial charge in [-0.1, -0.05) is 62.4 Å². The molecule has 0 aliphatic heterocycles. The Hall–Kier alpha value is -1.61. The van der Waals surface area contributed by atoms with Crippen LogP contribution in [0.3, 0.4) is 0 Å². The summed E-state index contributed by atoms with van der Waals surface area (Å²) in [4.78, 5) is 0.470. The van der Waals surface area contributed by atoms with Gasteiger partial charge < -0.3 is 0 Å². The second kappa shape index (κ2) is 6.23. The monoisotopic (exact) mass is 288 g/mol. The average Bonchev–Trinajstić information content (AvgIpc) is 2.39. The van der Waals surface area contributed by atoms with Crippen molar-refractivity contribution in [2.75, 3.05) is 0 Å². The molecule has 0 unspecified atom stereocenters. The fourth-order valence-corrected chi connectivity index (χ4v) is 3.91. The molecule has 0 atom stereocenters. The van der Waals surface area contributed by atoms with Crippen molar-refractivity contribution in [2.24, 2.45) is 5.92 Å². The van der Waals surface area contributed by atoms with E-state index in [1.807, 2.05) is 42.5 Å². The highest BCUT2D eigenvalue weighted by molar-refractivity contribution is 7.90. The van der Waals surface area contributed by atoms with E-state index in [1.54, 1.807) is 12.1 Å². The van der Waals surface area contributed by atoms with Crippen LogP contribution in [-0.2, 0) is 22.0 Å². The zero-order valence-corrected chi connectivity index (χ0v) is 12.7. The molecular formula is C17H20O2S. The molecule has 0 fully saturated rings. The minimum absolute atomic E-state index is 0.0585. The minimum Gasteiger partial charge on any atom is -0.223 e. The zero-order chi connectivity index (χ0) is 14.6. The van der Waals surface area contributed by atoms with E-state index < -0.39 is 9.84 Å². The molecule has 0 saturated heterocycles. The molecule has 2 aromatic carbocycles. The lowest BCUT2D eigenvalue weighted by molar-refractivity contribution is 0.590. The molecule has 2 nitrogen and oxygen atoms in total. The number of rotatable bonds is 5. The third-order valence-corrected chi connectivity index (χ3v) is 4.92. The molecule has 2 aromatic rings. The number of sulfone groups is 1. The first-order chi connectivity index (χ1) is 9.49. The van der Waals surface area contributed by atoms with Crippen molar-refractivity contribution in [3.05, 3.63) is 65.7 Å². The second-order valence-electron chi connectivity index (χ2n) is 5.45. The Morgan fingerprint density at radius 1 is 0.900 bits per heavy atom. The summed E-state index contributed by atoms with van der Waals surface area (Å²) in [5.41, 5.74) is 1.74. The predicted molar refractivity (Wildman–Crippen MR) is 82.3 cm³/mol. The van der Waals surface area contributed by atoms with Gasteiger partial charge >= 0.3 is 0 Å². The second-order valence-corrected chi connectivity index (χ2v) is 7.41. The van der Waals surface area contributed by atoms with Gasteiger partial charge in [0.05, 0.1) is 10.6 Å². The molecule has 2 rings (SSSR count). The normalized spacial score (nSPS) is 11.8. The van der Waals surface area contributed by atoms with Crippen LogP contribution in [0.15, 0.2) is 59.5 Å². The van der Waals surface area contributed by atoms with Crippen molar-refractivity contribution >= 4 is 9.84 Å². The summed E-state index contributed by atoms with van der Waals surface area (Å²) < 4.78 is 25.2. The molecule has 20 heavy (non-hydrogen) atoms. The smallest absolute Gasteiger partial charge is 0.182 e. The molecule has 0 N–H and O–H groups in total. The van der Waals surface area contributed by atoms with Crippen molar-refractivity contribution in [3.8, 4) is 0 Å². The van der Waals surface area contributed by atoms with Gasteiger partial charge in [-0.3, -0.25) is 0 Å². The summed E-state index contributed by atoms with van der Waals surface area (Å²) in [6.07, 6.45) is 0.782. The standard InChI is InChI=1S/C17H20O2S/c1-14(2)12-16-10-6-7-11-17(16)20(18,19)13-15-8-4-3-5-9-15/h3-11,14H,12-13H2,1-2H3. The highest BCUT2D eigenvalue weighted by Crippen LogP contribution is 2.22. The van der Waals surface area contributed by atoms with E-state index in [0.29, 0.717) is 10.8 Å². The van der Waals surface area contributed by atoms with Crippen LogP contribution in [0.4, 0.5) is 0 Å². The Morgan fingerprint density at radius 3 is 2.15 bits per heavy atom. The first kappa shape index (κ1) is 14.8. The van der Waals surface area contributed by atoms with Crippen LogP contribution in [0.25, 0.3) is 0 Å². The summed E-state index contributed by atoms with van der Waals surface area (Å²) in [7, 11) is -3.29. The number of benzene rings is 2. The molecule has 0 heterocycles. The van der Waals surface area contributed by atoms with Gasteiger partial charge in [0.2, 0.25) is 0 Å². The van der Waals surface area contributed by atoms with Gasteiger partial charge in [0.1, 0.15) is 0 Å². The molecule has 106 valence electrons. The van der Waals surface area contributed by atoms with E-state index in [1.165, 1.54) is 0 Å². The van der Waals surface area contributed by atoms with Gasteiger partial charge in [0.25, 0.3) is 0 Å². The third kappa shape index (κ3) is 3.70. The highest BCUT2D eigenvalue weighted by Gasteiger charge is 2.19. The lowest BCUT2D eigenvalue weighted by Gasteiger charge is -2.12. The molecule has 0 bridgehead atoms. The summed E-state index contributed by atoms with van der Waals surface area (Å²) >= 11 is 0. The van der Waals surface area contributed by atoms with E-state index in [-0.39, 0.29) is 5.75 Å². The van der Waals surface area contributed by atoms with Gasteiger partial charge in [0, 0.05) is 0 Å². The van der Waals surface area contributed by atoms with Crippen LogP contribution in [0.2, 0.25) is 0 Å². The Bertz CT molecular complexity index is 658. The quantitative estimate of drug-likeness (QED) is 0.837. The Labute approximate surface area is 121 Å². The number of hydrogen-bond donors (Lipinski definition) is 0. The van der Waals surface area contributed by atoms with Crippen molar-refractivity contribution in [1.82, 2.24) is 0 Å². The summed E-state index contributed by atoms with van der Waals surface area (Å²) in [5.74, 6) is 0.492. The van der Waals surface area contributed by atoms with Crippen LogP contribution in [0, 0.1) is 5.92 Å². The van der Waals surface area contributed by atoms with Crippen LogP contribution < -0.4 is 0 Å². The maximum Gasteiger partial charge on any atom is 0.182 e. The summed E-state index contributed by atoms with van der Waals surface area (Å²) in [6, 6.07) is 16.7. The number of hydrogen-bond acceptors (Lipinski definition) is 2. The fraction of sp³-hybridized carbons (Fsp3) is 0.294. The zero-order valence-electron chi connectivity index (χ0n) is 11.9. The van der Waals surface area contributed by atoms with Crippen molar-refractivity contribution in [2.45, 2.75) is 30.9 Å². The van der Waals surface area contributed by atoms with Crippen molar-refractivity contribution < 1.29 is 8.42 Å². The molecule has 0 saturated carbocycles. The predicted octanol–water partition coefficient (Wildman–Crippen LogP) is 3.86. The van der Waals surface area contributed by atoms with E-state index in [2.05, 4.69) is 13.8 Å². The molecule has 0 spiro atoms. The highest BCUT2D eigenvalue weighted by atomic mass is 32.2. The lowest BCUT2D eigenvalue weighted by Crippen LogP contribution is -2.09. The topological polar surface area (TPSA) is 34.1 Å². The van der Waals surface area contributed by atoms with Crippen LogP contribution in [0.1, 0.15) is 25.0 Å². The minimum atomic E-state index is -3.29. The molecule has 0 aliphatic rings. The van der Waals surface area contributed by atoms with E-state index in [9.17, 15) is 8.42 Å². The molecule has 0 amide bonds. The first-order valence-electron chi connectivity index (χ1n) is 6.83. The van der Waals surface area contributed by atoms with Gasteiger partial charge in [-0.25, -0.2) is 8.42 Å². The molecule has 0 radical (unpaired) electrons. The van der Waals surface area contributed by atoms with E-state index in [0.717, 1.165) is 17.5 Å². The first-order valence-corrected chi connectivity index (χ1v) is 8.49. The Balaban J connectivity index is 2.35. The maximum atomic E-state index is 12.6. The summed E-state index contributed by atoms with van der Waals surface area (Å²) in [6.45, 7) is 4.20. The fourth-order valence-electron chi connectivity index (χ4n) is 2.29. The van der Waals surface area contributed by atoms with Crippen LogP contribution in [-0.4, -0.2) is 8.42 Å². The molecule has 0 aliphatic carbocycles. The van der Waals surface area contributed by atoms with Crippen LogP contribution in [0.5, 0.6) is 0 Å². The molecule has 0 aromatic heterocycles. The van der Waals surface area contributed by atoms with Crippen LogP contribution >= 0.6 is 0 Å².